The maximum atomic E-state index is 12.9. The van der Waals surface area contributed by atoms with E-state index in [0.717, 1.165) is 39.7 Å². The van der Waals surface area contributed by atoms with Gasteiger partial charge in [-0.15, -0.1) is 11.3 Å². The van der Waals surface area contributed by atoms with Crippen molar-refractivity contribution < 1.29 is 0 Å². The summed E-state index contributed by atoms with van der Waals surface area (Å²) in [6.07, 6.45) is 4.62. The lowest BCUT2D eigenvalue weighted by molar-refractivity contribution is 0.382. The van der Waals surface area contributed by atoms with Gasteiger partial charge in [0, 0.05) is 16.6 Å². The summed E-state index contributed by atoms with van der Waals surface area (Å²) in [5, 5.41) is 1.08. The third kappa shape index (κ3) is 3.12. The Hall–Kier alpha value is -1.46. The molecule has 3 aromatic rings. The van der Waals surface area contributed by atoms with Crippen molar-refractivity contribution in [2.24, 2.45) is 5.92 Å². The van der Waals surface area contributed by atoms with E-state index >= 15 is 0 Å². The maximum Gasteiger partial charge on any atom is 0.272 e. The molecule has 0 fully saturated rings. The van der Waals surface area contributed by atoms with E-state index in [4.69, 9.17) is 12.2 Å². The molecule has 0 aliphatic carbocycles. The first-order chi connectivity index (χ1) is 11.2. The quantitative estimate of drug-likeness (QED) is 0.599. The van der Waals surface area contributed by atoms with E-state index in [2.05, 4.69) is 24.9 Å². The van der Waals surface area contributed by atoms with Crippen molar-refractivity contribution in [3.05, 3.63) is 39.4 Å². The van der Waals surface area contributed by atoms with Crippen LogP contribution in [0.2, 0.25) is 0 Å². The molecule has 23 heavy (non-hydrogen) atoms. The van der Waals surface area contributed by atoms with Crippen LogP contribution in [0.15, 0.2) is 29.1 Å². The molecular weight excluding hydrogens is 324 g/mol. The third-order valence-electron chi connectivity index (χ3n) is 4.50. The van der Waals surface area contributed by atoms with Crippen molar-refractivity contribution in [3.8, 4) is 0 Å². The molecule has 122 valence electrons. The van der Waals surface area contributed by atoms with Gasteiger partial charge in [-0.25, -0.2) is 0 Å². The minimum atomic E-state index is 0.0555. The van der Waals surface area contributed by atoms with Gasteiger partial charge < -0.3 is 4.98 Å². The Kier molecular flexibility index (Phi) is 4.97. The van der Waals surface area contributed by atoms with E-state index in [0.29, 0.717) is 10.7 Å². The van der Waals surface area contributed by atoms with Crippen LogP contribution < -0.4 is 5.56 Å². The molecule has 0 aliphatic rings. The van der Waals surface area contributed by atoms with Gasteiger partial charge in [0.25, 0.3) is 5.56 Å². The fourth-order valence-corrected chi connectivity index (χ4v) is 4.42. The lowest BCUT2D eigenvalue weighted by Crippen LogP contribution is -2.25. The molecule has 0 radical (unpaired) electrons. The summed E-state index contributed by atoms with van der Waals surface area (Å²) in [6, 6.07) is 8.09. The van der Waals surface area contributed by atoms with Gasteiger partial charge in [0.2, 0.25) is 0 Å². The Morgan fingerprint density at radius 2 is 2.09 bits per heavy atom. The molecule has 1 atom stereocenters. The summed E-state index contributed by atoms with van der Waals surface area (Å²) in [4.78, 5) is 16.2. The summed E-state index contributed by atoms with van der Waals surface area (Å²) in [7, 11) is 0. The van der Waals surface area contributed by atoms with E-state index in [-0.39, 0.29) is 5.56 Å². The fraction of sp³-hybridized carbons (Fsp3) is 0.444. The maximum absolute atomic E-state index is 12.9. The highest BCUT2D eigenvalue weighted by Gasteiger charge is 2.14. The summed E-state index contributed by atoms with van der Waals surface area (Å²) < 4.78 is 4.21. The molecule has 0 aliphatic heterocycles. The van der Waals surface area contributed by atoms with Crippen molar-refractivity contribution in [1.82, 2.24) is 9.55 Å². The monoisotopic (exact) mass is 346 g/mol. The summed E-state index contributed by atoms with van der Waals surface area (Å²) >= 11 is 7.04. The predicted molar refractivity (Wildman–Crippen MR) is 102 cm³/mol. The molecule has 2 heterocycles. The molecule has 2 aromatic heterocycles. The molecule has 0 saturated heterocycles. The average molecular weight is 347 g/mol. The van der Waals surface area contributed by atoms with Gasteiger partial charge in [-0.1, -0.05) is 51.3 Å². The number of unbranched alkanes of at least 4 members (excludes halogenated alkanes) is 1. The Labute approximate surface area is 145 Å². The molecule has 3 rings (SSSR count). The predicted octanol–water partition coefficient (Wildman–Crippen LogP) is 5.49. The number of hydrogen-bond donors (Lipinski definition) is 1. The molecule has 1 N–H and O–H groups in total. The van der Waals surface area contributed by atoms with Crippen molar-refractivity contribution >= 4 is 43.9 Å². The van der Waals surface area contributed by atoms with E-state index < -0.39 is 0 Å². The number of nitrogens with zero attached hydrogens (tertiary/aromatic N) is 1. The molecule has 0 spiro atoms. The highest BCUT2D eigenvalue weighted by Crippen LogP contribution is 2.30. The van der Waals surface area contributed by atoms with E-state index in [1.807, 2.05) is 18.2 Å². The number of rotatable bonds is 6. The molecule has 0 saturated carbocycles. The van der Waals surface area contributed by atoms with E-state index in [9.17, 15) is 4.79 Å². The standard InChI is InChI=1S/C18H22N2OS2/c1-3-5-8-12(4-2)11-20-17(21)16-15(19-18(20)22)13-9-6-7-10-14(13)23-16/h6-7,9-10,12H,3-5,8,11H2,1-2H3,(H,19,22)/t12-/m1/s1. The number of thiophene rings is 1. The molecule has 3 nitrogen and oxygen atoms in total. The van der Waals surface area contributed by atoms with Crippen molar-refractivity contribution in [3.63, 3.8) is 0 Å². The lowest BCUT2D eigenvalue weighted by atomic mass is 9.99. The van der Waals surface area contributed by atoms with Crippen LogP contribution in [-0.2, 0) is 6.54 Å². The summed E-state index contributed by atoms with van der Waals surface area (Å²) in [5.74, 6) is 0.509. The minimum absolute atomic E-state index is 0.0555. The van der Waals surface area contributed by atoms with Crippen LogP contribution in [0.5, 0.6) is 0 Å². The second kappa shape index (κ2) is 6.97. The zero-order valence-corrected chi connectivity index (χ0v) is 15.2. The van der Waals surface area contributed by atoms with Crippen LogP contribution in [0.3, 0.4) is 0 Å². The normalized spacial score (nSPS) is 13.0. The number of aromatic nitrogens is 2. The number of H-pyrrole nitrogens is 1. The highest BCUT2D eigenvalue weighted by atomic mass is 32.1. The van der Waals surface area contributed by atoms with Crippen LogP contribution in [-0.4, -0.2) is 9.55 Å². The van der Waals surface area contributed by atoms with Gasteiger partial charge in [-0.05, 0) is 30.6 Å². The number of benzene rings is 1. The molecule has 5 heteroatoms. The van der Waals surface area contributed by atoms with Crippen molar-refractivity contribution in [1.29, 1.82) is 0 Å². The van der Waals surface area contributed by atoms with Gasteiger partial charge in [0.15, 0.2) is 4.77 Å². The second-order valence-electron chi connectivity index (χ2n) is 6.06. The number of aromatic amines is 1. The largest absolute Gasteiger partial charge is 0.330 e. The zero-order valence-electron chi connectivity index (χ0n) is 13.6. The van der Waals surface area contributed by atoms with Crippen LogP contribution in [0.1, 0.15) is 39.5 Å². The van der Waals surface area contributed by atoms with E-state index in [1.165, 1.54) is 12.8 Å². The summed E-state index contributed by atoms with van der Waals surface area (Å²) in [5.41, 5.74) is 0.943. The minimum Gasteiger partial charge on any atom is -0.330 e. The topological polar surface area (TPSA) is 37.8 Å². The molecule has 0 amide bonds. The lowest BCUT2D eigenvalue weighted by Gasteiger charge is -2.16. The second-order valence-corrected chi connectivity index (χ2v) is 7.50. The van der Waals surface area contributed by atoms with Crippen molar-refractivity contribution in [2.45, 2.75) is 46.1 Å². The first kappa shape index (κ1) is 16.4. The smallest absolute Gasteiger partial charge is 0.272 e. The Balaban J connectivity index is 2.09. The van der Waals surface area contributed by atoms with E-state index in [1.54, 1.807) is 15.9 Å². The van der Waals surface area contributed by atoms with Gasteiger partial charge in [0.1, 0.15) is 4.70 Å². The van der Waals surface area contributed by atoms with Crippen LogP contribution >= 0.6 is 23.6 Å². The summed E-state index contributed by atoms with van der Waals surface area (Å²) in [6.45, 7) is 5.11. The molecule has 0 unspecified atom stereocenters. The van der Waals surface area contributed by atoms with Gasteiger partial charge >= 0.3 is 0 Å². The molecule has 0 bridgehead atoms. The van der Waals surface area contributed by atoms with Crippen LogP contribution in [0.4, 0.5) is 0 Å². The molecular formula is C18H22N2OS2. The zero-order chi connectivity index (χ0) is 16.4. The number of hydrogen-bond acceptors (Lipinski definition) is 3. The Morgan fingerprint density at radius 1 is 1.30 bits per heavy atom. The van der Waals surface area contributed by atoms with Crippen LogP contribution in [0.25, 0.3) is 20.3 Å². The highest BCUT2D eigenvalue weighted by molar-refractivity contribution is 7.71. The first-order valence-electron chi connectivity index (χ1n) is 8.30. The Bertz CT molecular complexity index is 935. The van der Waals surface area contributed by atoms with Crippen LogP contribution in [0, 0.1) is 10.7 Å². The van der Waals surface area contributed by atoms with Gasteiger partial charge in [-0.2, -0.15) is 0 Å². The number of nitrogens with one attached hydrogen (secondary N) is 1. The first-order valence-corrected chi connectivity index (χ1v) is 9.52. The van der Waals surface area contributed by atoms with Gasteiger partial charge in [0.05, 0.1) is 5.52 Å². The Morgan fingerprint density at radius 3 is 2.83 bits per heavy atom. The fourth-order valence-electron chi connectivity index (χ4n) is 3.05. The number of fused-ring (bicyclic) bond motifs is 3. The van der Waals surface area contributed by atoms with Crippen molar-refractivity contribution in [2.75, 3.05) is 0 Å². The third-order valence-corrected chi connectivity index (χ3v) is 5.98. The average Bonchev–Trinajstić information content (AvgIpc) is 2.93. The molecule has 1 aromatic carbocycles. The SMILES string of the molecule is CCCC[C@@H](CC)Cn1c(=S)[nH]c2c(sc3ccccc32)c1=O. The van der Waals surface area contributed by atoms with Gasteiger partial charge in [-0.3, -0.25) is 9.36 Å².